The summed E-state index contributed by atoms with van der Waals surface area (Å²) in [6, 6.07) is 9.35. The fourth-order valence-electron chi connectivity index (χ4n) is 2.20. The second kappa shape index (κ2) is 6.95. The number of ketones is 1. The van der Waals surface area contributed by atoms with Gasteiger partial charge in [0, 0.05) is 5.56 Å². The van der Waals surface area contributed by atoms with Gasteiger partial charge in [-0.25, -0.2) is 0 Å². The van der Waals surface area contributed by atoms with Crippen molar-refractivity contribution >= 4 is 5.78 Å². The molecular weight excluding hydrogens is 321 g/mol. The first-order valence-electron chi connectivity index (χ1n) is 7.21. The highest BCUT2D eigenvalue weighted by Crippen LogP contribution is 2.31. The molecule has 0 unspecified atom stereocenters. The Bertz CT molecular complexity index is 752. The molecule has 0 aliphatic heterocycles. The van der Waals surface area contributed by atoms with Crippen molar-refractivity contribution in [3.05, 3.63) is 58.7 Å². The molecule has 128 valence electrons. The number of aryl methyl sites for hydroxylation is 2. The summed E-state index contributed by atoms with van der Waals surface area (Å²) >= 11 is 0. The van der Waals surface area contributed by atoms with Crippen LogP contribution >= 0.6 is 0 Å². The molecule has 0 aromatic heterocycles. The van der Waals surface area contributed by atoms with Crippen LogP contribution < -0.4 is 9.47 Å². The minimum Gasteiger partial charge on any atom is -0.493 e. The predicted molar refractivity (Wildman–Crippen MR) is 83.6 cm³/mol. The van der Waals surface area contributed by atoms with Crippen LogP contribution in [-0.4, -0.2) is 19.1 Å². The van der Waals surface area contributed by atoms with Crippen molar-refractivity contribution in [1.29, 1.82) is 0 Å². The Morgan fingerprint density at radius 3 is 2.38 bits per heavy atom. The van der Waals surface area contributed by atoms with Crippen molar-refractivity contribution in [2.45, 2.75) is 26.6 Å². The normalized spacial score (nSPS) is 11.2. The molecule has 0 saturated heterocycles. The van der Waals surface area contributed by atoms with Gasteiger partial charge < -0.3 is 9.47 Å². The Labute approximate surface area is 138 Å². The summed E-state index contributed by atoms with van der Waals surface area (Å²) in [4.78, 5) is 11.3. The quantitative estimate of drug-likeness (QED) is 0.745. The Kier molecular flexibility index (Phi) is 5.17. The number of hydrogen-bond donors (Lipinski definition) is 0. The van der Waals surface area contributed by atoms with Crippen LogP contribution in [0.5, 0.6) is 11.5 Å². The van der Waals surface area contributed by atoms with Crippen molar-refractivity contribution in [2.24, 2.45) is 0 Å². The third-order valence-electron chi connectivity index (χ3n) is 3.57. The average Bonchev–Trinajstić information content (AvgIpc) is 2.54. The van der Waals surface area contributed by atoms with E-state index in [1.54, 1.807) is 0 Å². The molecule has 0 aliphatic rings. The zero-order chi connectivity index (χ0) is 17.9. The molecule has 0 radical (unpaired) electrons. The van der Waals surface area contributed by atoms with Gasteiger partial charge in [-0.2, -0.15) is 13.2 Å². The minimum absolute atomic E-state index is 0.0791. The van der Waals surface area contributed by atoms with Crippen LogP contribution in [0.1, 0.15) is 27.0 Å². The third-order valence-corrected chi connectivity index (χ3v) is 3.57. The molecule has 0 spiro atoms. The Morgan fingerprint density at radius 2 is 1.75 bits per heavy atom. The highest BCUT2D eigenvalue weighted by Gasteiger charge is 2.39. The summed E-state index contributed by atoms with van der Waals surface area (Å²) in [6.07, 6.45) is -4.92. The number of ether oxygens (including phenoxy) is 2. The monoisotopic (exact) mass is 338 g/mol. The van der Waals surface area contributed by atoms with Gasteiger partial charge in [0.15, 0.2) is 11.5 Å². The lowest BCUT2D eigenvalue weighted by Crippen LogP contribution is -2.22. The summed E-state index contributed by atoms with van der Waals surface area (Å²) in [6.45, 7) is 4.15. The maximum Gasteiger partial charge on any atom is 0.454 e. The Balaban J connectivity index is 2.22. The summed E-state index contributed by atoms with van der Waals surface area (Å²) in [5.41, 5.74) is 2.60. The molecule has 0 amide bonds. The van der Waals surface area contributed by atoms with E-state index in [9.17, 15) is 18.0 Å². The maximum absolute atomic E-state index is 12.5. The first-order chi connectivity index (χ1) is 11.2. The van der Waals surface area contributed by atoms with Crippen LogP contribution in [0, 0.1) is 13.8 Å². The Morgan fingerprint density at radius 1 is 1.04 bits per heavy atom. The molecule has 24 heavy (non-hydrogen) atoms. The topological polar surface area (TPSA) is 35.5 Å². The van der Waals surface area contributed by atoms with Crippen LogP contribution in [0.2, 0.25) is 0 Å². The number of carbonyl (C=O) groups excluding carboxylic acids is 1. The van der Waals surface area contributed by atoms with E-state index in [1.807, 2.05) is 32.0 Å². The van der Waals surface area contributed by atoms with Gasteiger partial charge in [0.1, 0.15) is 6.61 Å². The van der Waals surface area contributed by atoms with Crippen molar-refractivity contribution in [2.75, 3.05) is 7.11 Å². The molecular formula is C18H17F3O3. The van der Waals surface area contributed by atoms with Crippen molar-refractivity contribution in [1.82, 2.24) is 0 Å². The van der Waals surface area contributed by atoms with Crippen molar-refractivity contribution < 1.29 is 27.4 Å². The van der Waals surface area contributed by atoms with Crippen LogP contribution in [0.4, 0.5) is 13.2 Å². The van der Waals surface area contributed by atoms with E-state index in [0.29, 0.717) is 0 Å². The largest absolute Gasteiger partial charge is 0.493 e. The van der Waals surface area contributed by atoms with Crippen LogP contribution in [0.15, 0.2) is 36.4 Å². The maximum atomic E-state index is 12.5. The van der Waals surface area contributed by atoms with Crippen molar-refractivity contribution in [3.8, 4) is 11.5 Å². The molecule has 6 heteroatoms. The van der Waals surface area contributed by atoms with E-state index < -0.39 is 17.5 Å². The fourth-order valence-corrected chi connectivity index (χ4v) is 2.20. The zero-order valence-electron chi connectivity index (χ0n) is 13.5. The number of halogens is 3. The highest BCUT2D eigenvalue weighted by molar-refractivity contribution is 6.00. The summed E-state index contributed by atoms with van der Waals surface area (Å²) < 4.78 is 48.2. The smallest absolute Gasteiger partial charge is 0.454 e. The SMILES string of the molecule is COc1cc(C(=O)C(F)(F)F)ccc1OCc1cc(C)ccc1C. The van der Waals surface area contributed by atoms with Crippen LogP contribution in [0.25, 0.3) is 0 Å². The van der Waals surface area contributed by atoms with E-state index in [-0.39, 0.29) is 18.1 Å². The number of alkyl halides is 3. The lowest BCUT2D eigenvalue weighted by atomic mass is 10.1. The summed E-state index contributed by atoms with van der Waals surface area (Å²) in [5.74, 6) is -1.56. The number of carbonyl (C=O) groups is 1. The van der Waals surface area contributed by atoms with Gasteiger partial charge in [0.25, 0.3) is 5.78 Å². The predicted octanol–water partition coefficient (Wildman–Crippen LogP) is 4.64. The number of hydrogen-bond acceptors (Lipinski definition) is 3. The number of methoxy groups -OCH3 is 1. The van der Waals surface area contributed by atoms with Gasteiger partial charge >= 0.3 is 6.18 Å². The minimum atomic E-state index is -4.92. The molecule has 2 aromatic rings. The van der Waals surface area contributed by atoms with Gasteiger partial charge in [0.05, 0.1) is 7.11 Å². The van der Waals surface area contributed by atoms with E-state index >= 15 is 0 Å². The first kappa shape index (κ1) is 17.8. The van der Waals surface area contributed by atoms with Gasteiger partial charge in [0.2, 0.25) is 0 Å². The van der Waals surface area contributed by atoms with E-state index in [2.05, 4.69) is 0 Å². The van der Waals surface area contributed by atoms with Crippen LogP contribution in [0.3, 0.4) is 0 Å². The molecule has 0 aliphatic carbocycles. The van der Waals surface area contributed by atoms with Crippen molar-refractivity contribution in [3.63, 3.8) is 0 Å². The van der Waals surface area contributed by atoms with Crippen LogP contribution in [-0.2, 0) is 6.61 Å². The molecule has 2 rings (SSSR count). The van der Waals surface area contributed by atoms with E-state index in [0.717, 1.165) is 28.8 Å². The molecule has 0 N–H and O–H groups in total. The number of benzene rings is 2. The lowest BCUT2D eigenvalue weighted by Gasteiger charge is -2.14. The average molecular weight is 338 g/mol. The summed E-state index contributed by atoms with van der Waals surface area (Å²) in [5, 5.41) is 0. The van der Waals surface area contributed by atoms with Gasteiger partial charge in [-0.05, 0) is 43.2 Å². The second-order valence-electron chi connectivity index (χ2n) is 5.41. The summed E-state index contributed by atoms with van der Waals surface area (Å²) in [7, 11) is 1.31. The molecule has 0 fully saturated rings. The molecule has 0 saturated carbocycles. The van der Waals surface area contributed by atoms with Gasteiger partial charge in [-0.1, -0.05) is 23.8 Å². The number of Topliss-reactive ketones (excluding diaryl/α,β-unsaturated/α-hetero) is 1. The molecule has 0 atom stereocenters. The van der Waals surface area contributed by atoms with Gasteiger partial charge in [-0.15, -0.1) is 0 Å². The standard InChI is InChI=1S/C18H17F3O3/c1-11-4-5-12(2)14(8-11)10-24-15-7-6-13(9-16(15)23-3)17(22)18(19,20)21/h4-9H,10H2,1-3H3. The first-order valence-corrected chi connectivity index (χ1v) is 7.21. The highest BCUT2D eigenvalue weighted by atomic mass is 19.4. The molecule has 3 nitrogen and oxygen atoms in total. The Hall–Kier alpha value is -2.50. The second-order valence-corrected chi connectivity index (χ2v) is 5.41. The van der Waals surface area contributed by atoms with E-state index in [1.165, 1.54) is 13.2 Å². The fraction of sp³-hybridized carbons (Fsp3) is 0.278. The third kappa shape index (κ3) is 4.07. The molecule has 0 bridgehead atoms. The zero-order valence-corrected chi connectivity index (χ0v) is 13.5. The number of rotatable bonds is 5. The molecule has 2 aromatic carbocycles. The lowest BCUT2D eigenvalue weighted by molar-refractivity contribution is -0.0885. The van der Waals surface area contributed by atoms with Gasteiger partial charge in [-0.3, -0.25) is 4.79 Å². The van der Waals surface area contributed by atoms with E-state index in [4.69, 9.17) is 9.47 Å². The molecule has 0 heterocycles.